The van der Waals surface area contributed by atoms with Gasteiger partial charge in [-0.2, -0.15) is 0 Å². The molecule has 0 atom stereocenters. The van der Waals surface area contributed by atoms with Crippen molar-refractivity contribution in [1.29, 1.82) is 0 Å². The minimum absolute atomic E-state index is 0.0614. The lowest BCUT2D eigenvalue weighted by molar-refractivity contribution is 0.0639. The Balaban J connectivity index is 2.84. The molecule has 0 bridgehead atoms. The number of hydrogen-bond acceptors (Lipinski definition) is 4. The molecule has 0 aliphatic heterocycles. The van der Waals surface area contributed by atoms with Crippen LogP contribution >= 0.6 is 0 Å². The van der Waals surface area contributed by atoms with E-state index in [2.05, 4.69) is 0 Å². The predicted molar refractivity (Wildman–Crippen MR) is 75.9 cm³/mol. The summed E-state index contributed by atoms with van der Waals surface area (Å²) in [5.74, 6) is -0.0899. The monoisotopic (exact) mass is 286 g/mol. The number of rotatable bonds is 6. The fourth-order valence-corrected chi connectivity index (χ4v) is 3.14. The Morgan fingerprint density at radius 2 is 1.89 bits per heavy atom. The Bertz CT molecular complexity index is 521. The van der Waals surface area contributed by atoms with Gasteiger partial charge in [-0.1, -0.05) is 24.3 Å². The van der Waals surface area contributed by atoms with Crippen LogP contribution in [0.15, 0.2) is 24.3 Å². The molecule has 108 valence electrons. The van der Waals surface area contributed by atoms with Crippen LogP contribution in [0.1, 0.15) is 25.0 Å². The largest absolute Gasteiger partial charge is 0.389 e. The molecule has 0 heterocycles. The van der Waals surface area contributed by atoms with Crippen LogP contribution in [0.3, 0.4) is 0 Å². The van der Waals surface area contributed by atoms with E-state index in [0.29, 0.717) is 12.1 Å². The van der Waals surface area contributed by atoms with E-state index in [4.69, 9.17) is 5.73 Å². The molecule has 0 unspecified atom stereocenters. The number of likely N-dealkylation sites (N-methyl/N-ethyl adjacent to an activating group) is 1. The van der Waals surface area contributed by atoms with Crippen LogP contribution in [0.5, 0.6) is 0 Å². The van der Waals surface area contributed by atoms with Gasteiger partial charge in [-0.25, -0.2) is 12.7 Å². The summed E-state index contributed by atoms with van der Waals surface area (Å²) in [6.07, 6.45) is 0. The molecule has 0 fully saturated rings. The summed E-state index contributed by atoms with van der Waals surface area (Å²) in [7, 11) is -1.97. The van der Waals surface area contributed by atoms with Crippen LogP contribution in [0.25, 0.3) is 0 Å². The highest BCUT2D eigenvalue weighted by atomic mass is 32.2. The van der Waals surface area contributed by atoms with Crippen LogP contribution in [-0.4, -0.2) is 37.0 Å². The van der Waals surface area contributed by atoms with E-state index in [9.17, 15) is 13.5 Å². The topological polar surface area (TPSA) is 83.6 Å². The average Bonchev–Trinajstić information content (AvgIpc) is 2.26. The molecule has 0 amide bonds. The van der Waals surface area contributed by atoms with Crippen LogP contribution in [-0.2, 0) is 22.3 Å². The number of benzene rings is 1. The van der Waals surface area contributed by atoms with Crippen LogP contribution in [0.2, 0.25) is 0 Å². The maximum Gasteiger partial charge on any atom is 0.218 e. The second kappa shape index (κ2) is 6.00. The van der Waals surface area contributed by atoms with Gasteiger partial charge in [0.05, 0.1) is 11.4 Å². The Labute approximate surface area is 115 Å². The molecule has 19 heavy (non-hydrogen) atoms. The molecule has 3 N–H and O–H groups in total. The Hall–Kier alpha value is -0.950. The summed E-state index contributed by atoms with van der Waals surface area (Å²) < 4.78 is 25.5. The number of sulfonamides is 1. The third-order valence-corrected chi connectivity index (χ3v) is 4.44. The first-order valence-electron chi connectivity index (χ1n) is 6.08. The van der Waals surface area contributed by atoms with E-state index in [1.54, 1.807) is 32.0 Å². The number of aliphatic hydroxyl groups is 1. The van der Waals surface area contributed by atoms with Crippen molar-refractivity contribution < 1.29 is 13.5 Å². The molecular weight excluding hydrogens is 264 g/mol. The standard InChI is InChI=1S/C13H22N2O3S/c1-13(2,16)10-15(3)19(17,18)9-12-6-4-5-11(7-12)8-14/h4-7,16H,8-10,14H2,1-3H3. The lowest BCUT2D eigenvalue weighted by Crippen LogP contribution is -2.40. The molecule has 0 radical (unpaired) electrons. The van der Waals surface area contributed by atoms with Gasteiger partial charge in [-0.15, -0.1) is 0 Å². The summed E-state index contributed by atoms with van der Waals surface area (Å²) in [5, 5.41) is 9.68. The van der Waals surface area contributed by atoms with Crippen molar-refractivity contribution in [3.8, 4) is 0 Å². The van der Waals surface area contributed by atoms with Crippen LogP contribution in [0.4, 0.5) is 0 Å². The molecular formula is C13H22N2O3S. The molecule has 1 aromatic rings. The van der Waals surface area contributed by atoms with Gasteiger partial charge in [0.15, 0.2) is 0 Å². The highest BCUT2D eigenvalue weighted by molar-refractivity contribution is 7.88. The van der Waals surface area contributed by atoms with Gasteiger partial charge < -0.3 is 10.8 Å². The van der Waals surface area contributed by atoms with Crippen molar-refractivity contribution in [2.24, 2.45) is 5.73 Å². The van der Waals surface area contributed by atoms with E-state index in [1.807, 2.05) is 6.07 Å². The SMILES string of the molecule is CN(CC(C)(C)O)S(=O)(=O)Cc1cccc(CN)c1. The third kappa shape index (κ3) is 5.28. The molecule has 0 saturated carbocycles. The lowest BCUT2D eigenvalue weighted by Gasteiger charge is -2.25. The van der Waals surface area contributed by atoms with E-state index in [0.717, 1.165) is 5.56 Å². The van der Waals surface area contributed by atoms with E-state index < -0.39 is 15.6 Å². The zero-order valence-electron chi connectivity index (χ0n) is 11.6. The molecule has 0 aromatic heterocycles. The van der Waals surface area contributed by atoms with Crippen molar-refractivity contribution >= 4 is 10.0 Å². The highest BCUT2D eigenvalue weighted by Gasteiger charge is 2.24. The maximum atomic E-state index is 12.2. The molecule has 6 heteroatoms. The Morgan fingerprint density at radius 3 is 2.42 bits per heavy atom. The summed E-state index contributed by atoms with van der Waals surface area (Å²) in [6, 6.07) is 7.20. The zero-order chi connectivity index (χ0) is 14.7. The van der Waals surface area contributed by atoms with Gasteiger partial charge in [0.25, 0.3) is 0 Å². The first kappa shape index (κ1) is 16.1. The van der Waals surface area contributed by atoms with Crippen LogP contribution < -0.4 is 5.73 Å². The molecule has 1 rings (SSSR count). The number of hydrogen-bond donors (Lipinski definition) is 2. The summed E-state index contributed by atoms with van der Waals surface area (Å²) in [5.41, 5.74) is 6.08. The van der Waals surface area contributed by atoms with E-state index in [1.165, 1.54) is 11.4 Å². The normalized spacial score (nSPS) is 12.9. The minimum Gasteiger partial charge on any atom is -0.389 e. The second-order valence-electron chi connectivity index (χ2n) is 5.35. The van der Waals surface area contributed by atoms with Crippen molar-refractivity contribution in [3.63, 3.8) is 0 Å². The van der Waals surface area contributed by atoms with Crippen molar-refractivity contribution in [2.75, 3.05) is 13.6 Å². The molecule has 5 nitrogen and oxygen atoms in total. The quantitative estimate of drug-likeness (QED) is 0.805. The zero-order valence-corrected chi connectivity index (χ0v) is 12.4. The van der Waals surface area contributed by atoms with Gasteiger partial charge >= 0.3 is 0 Å². The van der Waals surface area contributed by atoms with Crippen LogP contribution in [0, 0.1) is 0 Å². The van der Waals surface area contributed by atoms with Gasteiger partial charge in [-0.3, -0.25) is 0 Å². The second-order valence-corrected chi connectivity index (χ2v) is 7.42. The fraction of sp³-hybridized carbons (Fsp3) is 0.538. The van der Waals surface area contributed by atoms with Gasteiger partial charge in [0, 0.05) is 20.1 Å². The Morgan fingerprint density at radius 1 is 1.32 bits per heavy atom. The molecule has 1 aromatic carbocycles. The predicted octanol–water partition coefficient (Wildman–Crippen LogP) is 0.678. The van der Waals surface area contributed by atoms with E-state index >= 15 is 0 Å². The summed E-state index contributed by atoms with van der Waals surface area (Å²) in [6.45, 7) is 3.60. The number of nitrogens with zero attached hydrogens (tertiary/aromatic N) is 1. The maximum absolute atomic E-state index is 12.2. The summed E-state index contributed by atoms with van der Waals surface area (Å²) in [4.78, 5) is 0. The Kier molecular flexibility index (Phi) is 5.09. The molecule has 0 aliphatic carbocycles. The minimum atomic E-state index is -3.44. The highest BCUT2D eigenvalue weighted by Crippen LogP contribution is 2.14. The third-order valence-electron chi connectivity index (χ3n) is 2.66. The van der Waals surface area contributed by atoms with Gasteiger partial charge in [0.2, 0.25) is 10.0 Å². The average molecular weight is 286 g/mol. The molecule has 0 aliphatic rings. The first-order valence-corrected chi connectivity index (χ1v) is 7.69. The van der Waals surface area contributed by atoms with Crippen molar-refractivity contribution in [3.05, 3.63) is 35.4 Å². The lowest BCUT2D eigenvalue weighted by atomic mass is 10.1. The van der Waals surface area contributed by atoms with Gasteiger partial charge in [0.1, 0.15) is 0 Å². The fourth-order valence-electron chi connectivity index (χ4n) is 1.81. The van der Waals surface area contributed by atoms with E-state index in [-0.39, 0.29) is 12.3 Å². The van der Waals surface area contributed by atoms with Gasteiger partial charge in [-0.05, 0) is 25.0 Å². The van der Waals surface area contributed by atoms with Crippen molar-refractivity contribution in [2.45, 2.75) is 31.7 Å². The summed E-state index contributed by atoms with van der Waals surface area (Å²) >= 11 is 0. The first-order chi connectivity index (χ1) is 8.64. The smallest absolute Gasteiger partial charge is 0.218 e. The molecule has 0 saturated heterocycles. The number of nitrogens with two attached hydrogens (primary N) is 1. The van der Waals surface area contributed by atoms with Crippen molar-refractivity contribution in [1.82, 2.24) is 4.31 Å². The molecule has 0 spiro atoms.